The summed E-state index contributed by atoms with van der Waals surface area (Å²) in [5.41, 5.74) is 5.26. The molecule has 0 radical (unpaired) electrons. The maximum atomic E-state index is 11.1. The molecule has 0 saturated heterocycles. The van der Waals surface area contributed by atoms with Gasteiger partial charge >= 0.3 is 0 Å². The van der Waals surface area contributed by atoms with Crippen LogP contribution in [-0.4, -0.2) is 30.0 Å². The van der Waals surface area contributed by atoms with Crippen LogP contribution in [0.15, 0.2) is 41.5 Å². The van der Waals surface area contributed by atoms with Gasteiger partial charge in [-0.15, -0.1) is 0 Å². The van der Waals surface area contributed by atoms with Crippen molar-refractivity contribution in [1.29, 1.82) is 0 Å². The van der Waals surface area contributed by atoms with E-state index in [2.05, 4.69) is 15.8 Å². The first-order chi connectivity index (χ1) is 12.8. The smallest absolute Gasteiger partial charge is 0.272 e. The lowest BCUT2D eigenvalue weighted by Gasteiger charge is -2.12. The van der Waals surface area contributed by atoms with Crippen molar-refractivity contribution in [2.24, 2.45) is 5.10 Å². The Bertz CT molecular complexity index is 899. The number of methoxy groups -OCH3 is 2. The predicted octanol–water partition coefficient (Wildman–Crippen LogP) is 3.63. The molecule has 0 unspecified atom stereocenters. The van der Waals surface area contributed by atoms with Crippen molar-refractivity contribution in [1.82, 2.24) is 5.43 Å². The number of nitrogens with zero attached hydrogens (tertiary/aromatic N) is 2. The van der Waals surface area contributed by atoms with E-state index in [1.54, 1.807) is 58.4 Å². The average Bonchev–Trinajstić information content (AvgIpc) is 2.66. The first kappa shape index (κ1) is 20.1. The van der Waals surface area contributed by atoms with Gasteiger partial charge in [0.05, 0.1) is 24.9 Å². The number of aryl methyl sites for hydroxylation is 1. The topological polar surface area (TPSA) is 98.0 Å². The zero-order chi connectivity index (χ0) is 20.0. The number of nitrogens with one attached hydrogen (secondary N) is 2. The van der Waals surface area contributed by atoms with Crippen molar-refractivity contribution in [3.63, 3.8) is 0 Å². The van der Waals surface area contributed by atoms with Crippen LogP contribution in [0.3, 0.4) is 0 Å². The quantitative estimate of drug-likeness (QED) is 0.337. The van der Waals surface area contributed by atoms with Crippen LogP contribution < -0.4 is 20.2 Å². The second kappa shape index (κ2) is 8.95. The zero-order valence-electron chi connectivity index (χ0n) is 15.4. The molecule has 0 saturated carbocycles. The molecule has 2 rings (SSSR count). The van der Waals surface area contributed by atoms with E-state index in [0.717, 1.165) is 0 Å². The van der Waals surface area contributed by atoms with Gasteiger partial charge in [-0.2, -0.15) is 5.10 Å². The largest absolute Gasteiger partial charge is 0.493 e. The molecule has 2 aromatic carbocycles. The number of hydrazone groups is 1. The lowest BCUT2D eigenvalue weighted by Crippen LogP contribution is -2.25. The highest BCUT2D eigenvalue weighted by Crippen LogP contribution is 2.29. The average molecular weight is 388 g/mol. The van der Waals surface area contributed by atoms with Crippen LogP contribution in [-0.2, 0) is 0 Å². The Labute approximate surface area is 162 Å². The van der Waals surface area contributed by atoms with Gasteiger partial charge in [0, 0.05) is 28.9 Å². The van der Waals surface area contributed by atoms with E-state index in [0.29, 0.717) is 34.0 Å². The summed E-state index contributed by atoms with van der Waals surface area (Å²) in [5, 5.41) is 18.5. The first-order valence-corrected chi connectivity index (χ1v) is 8.35. The fraction of sp³-hybridized carbons (Fsp3) is 0.222. The van der Waals surface area contributed by atoms with Crippen molar-refractivity contribution in [2.75, 3.05) is 19.5 Å². The zero-order valence-corrected chi connectivity index (χ0v) is 16.2. The van der Waals surface area contributed by atoms with Gasteiger partial charge in [0.1, 0.15) is 0 Å². The molecule has 142 valence electrons. The van der Waals surface area contributed by atoms with Gasteiger partial charge in [-0.3, -0.25) is 15.5 Å². The van der Waals surface area contributed by atoms with Gasteiger partial charge in [0.25, 0.3) is 5.69 Å². The van der Waals surface area contributed by atoms with E-state index >= 15 is 0 Å². The van der Waals surface area contributed by atoms with E-state index in [1.165, 1.54) is 6.07 Å². The predicted molar refractivity (Wildman–Crippen MR) is 109 cm³/mol. The number of nitro benzene ring substituents is 1. The maximum absolute atomic E-state index is 11.1. The monoisotopic (exact) mass is 388 g/mol. The highest BCUT2D eigenvalue weighted by Gasteiger charge is 2.12. The van der Waals surface area contributed by atoms with Crippen LogP contribution >= 0.6 is 12.2 Å². The fourth-order valence-electron chi connectivity index (χ4n) is 2.30. The van der Waals surface area contributed by atoms with Crippen molar-refractivity contribution in [2.45, 2.75) is 13.8 Å². The highest BCUT2D eigenvalue weighted by atomic mass is 32.1. The Morgan fingerprint density at radius 1 is 1.15 bits per heavy atom. The molecule has 2 aromatic rings. The van der Waals surface area contributed by atoms with E-state index in [1.807, 2.05) is 0 Å². The standard InChI is InChI=1S/C18H20N4O4S/c1-11-5-6-13(9-15(11)22(23)24)12(2)20-21-18(27)19-14-7-8-16(25-3)17(10-14)26-4/h5-10H,1-4H3,(H2,19,21,27)/b20-12-. The Balaban J connectivity index is 2.08. The molecule has 0 heterocycles. The number of rotatable bonds is 6. The Hall–Kier alpha value is -3.20. The van der Waals surface area contributed by atoms with Crippen molar-refractivity contribution in [3.8, 4) is 11.5 Å². The van der Waals surface area contributed by atoms with Crippen LogP contribution in [0.4, 0.5) is 11.4 Å². The molecule has 0 aliphatic heterocycles. The number of nitro groups is 1. The lowest BCUT2D eigenvalue weighted by molar-refractivity contribution is -0.385. The summed E-state index contributed by atoms with van der Waals surface area (Å²) in [4.78, 5) is 10.7. The van der Waals surface area contributed by atoms with E-state index in [9.17, 15) is 10.1 Å². The molecule has 2 N–H and O–H groups in total. The van der Waals surface area contributed by atoms with Gasteiger partial charge < -0.3 is 14.8 Å². The summed E-state index contributed by atoms with van der Waals surface area (Å²) in [6, 6.07) is 10.2. The summed E-state index contributed by atoms with van der Waals surface area (Å²) in [5.74, 6) is 1.17. The molecule has 0 bridgehead atoms. The molecule has 0 amide bonds. The molecular formula is C18H20N4O4S. The molecule has 0 atom stereocenters. The summed E-state index contributed by atoms with van der Waals surface area (Å²) in [7, 11) is 3.11. The second-order valence-corrected chi connectivity index (χ2v) is 6.00. The summed E-state index contributed by atoms with van der Waals surface area (Å²) < 4.78 is 10.4. The number of hydrogen-bond acceptors (Lipinski definition) is 6. The fourth-order valence-corrected chi connectivity index (χ4v) is 2.47. The SMILES string of the molecule is COc1ccc(NC(=S)N/N=C(/C)c2ccc(C)c([N+](=O)[O-])c2)cc1OC. The van der Waals surface area contributed by atoms with E-state index in [-0.39, 0.29) is 10.8 Å². The number of anilines is 1. The molecular weight excluding hydrogens is 368 g/mol. The molecule has 0 aliphatic carbocycles. The summed E-state index contributed by atoms with van der Waals surface area (Å²) in [6.07, 6.45) is 0. The number of benzene rings is 2. The molecule has 9 heteroatoms. The third-order valence-electron chi connectivity index (χ3n) is 3.79. The van der Waals surface area contributed by atoms with Crippen LogP contribution in [0.2, 0.25) is 0 Å². The minimum absolute atomic E-state index is 0.0491. The molecule has 0 aromatic heterocycles. The summed E-state index contributed by atoms with van der Waals surface area (Å²) >= 11 is 5.22. The van der Waals surface area contributed by atoms with E-state index in [4.69, 9.17) is 21.7 Å². The normalized spacial score (nSPS) is 10.9. The van der Waals surface area contributed by atoms with Gasteiger partial charge in [0.15, 0.2) is 16.6 Å². The Morgan fingerprint density at radius 3 is 2.48 bits per heavy atom. The number of thiocarbonyl (C=S) groups is 1. The van der Waals surface area contributed by atoms with Gasteiger partial charge in [-0.05, 0) is 38.2 Å². The van der Waals surface area contributed by atoms with Crippen molar-refractivity contribution < 1.29 is 14.4 Å². The third kappa shape index (κ3) is 5.14. The minimum atomic E-state index is -0.414. The van der Waals surface area contributed by atoms with Gasteiger partial charge in [-0.1, -0.05) is 12.1 Å². The Kier molecular flexibility index (Phi) is 6.67. The maximum Gasteiger partial charge on any atom is 0.272 e. The first-order valence-electron chi connectivity index (χ1n) is 7.94. The third-order valence-corrected chi connectivity index (χ3v) is 3.98. The van der Waals surface area contributed by atoms with Crippen LogP contribution in [0.1, 0.15) is 18.1 Å². The van der Waals surface area contributed by atoms with Crippen LogP contribution in [0.5, 0.6) is 11.5 Å². The van der Waals surface area contributed by atoms with Crippen molar-refractivity contribution in [3.05, 3.63) is 57.6 Å². The Morgan fingerprint density at radius 2 is 1.85 bits per heavy atom. The summed E-state index contributed by atoms with van der Waals surface area (Å²) in [6.45, 7) is 3.43. The molecule has 0 spiro atoms. The number of ether oxygens (including phenoxy) is 2. The lowest BCUT2D eigenvalue weighted by atomic mass is 10.1. The van der Waals surface area contributed by atoms with Crippen molar-refractivity contribution >= 4 is 34.4 Å². The molecule has 8 nitrogen and oxygen atoms in total. The molecule has 0 fully saturated rings. The highest BCUT2D eigenvalue weighted by molar-refractivity contribution is 7.80. The minimum Gasteiger partial charge on any atom is -0.493 e. The number of hydrogen-bond donors (Lipinski definition) is 2. The van der Waals surface area contributed by atoms with E-state index < -0.39 is 4.92 Å². The van der Waals surface area contributed by atoms with Gasteiger partial charge in [-0.25, -0.2) is 0 Å². The van der Waals surface area contributed by atoms with Crippen LogP contribution in [0.25, 0.3) is 0 Å². The van der Waals surface area contributed by atoms with Gasteiger partial charge in [0.2, 0.25) is 0 Å². The molecule has 0 aliphatic rings. The van der Waals surface area contributed by atoms with Crippen LogP contribution in [0, 0.1) is 17.0 Å². The second-order valence-electron chi connectivity index (χ2n) is 5.59. The molecule has 27 heavy (non-hydrogen) atoms.